The van der Waals surface area contributed by atoms with Crippen molar-refractivity contribution < 1.29 is 0 Å². The first-order valence-corrected chi connectivity index (χ1v) is 16.7. The summed E-state index contributed by atoms with van der Waals surface area (Å²) in [5.74, 6) is 0. The van der Waals surface area contributed by atoms with E-state index in [9.17, 15) is 0 Å². The molecular weight excluding hydrogens is 585 g/mol. The number of pyridine rings is 4. The molecular formula is C44H34N4. The van der Waals surface area contributed by atoms with Crippen LogP contribution in [0.3, 0.4) is 0 Å². The van der Waals surface area contributed by atoms with Gasteiger partial charge in [0.1, 0.15) is 0 Å². The summed E-state index contributed by atoms with van der Waals surface area (Å²) in [5, 5.41) is 5.52. The second-order valence-corrected chi connectivity index (χ2v) is 11.8. The van der Waals surface area contributed by atoms with Crippen LogP contribution in [0, 0.1) is 0 Å². The van der Waals surface area contributed by atoms with Gasteiger partial charge >= 0.3 is 0 Å². The van der Waals surface area contributed by atoms with Crippen LogP contribution in [0.4, 0.5) is 0 Å². The summed E-state index contributed by atoms with van der Waals surface area (Å²) >= 11 is 0. The van der Waals surface area contributed by atoms with E-state index in [0.29, 0.717) is 0 Å². The van der Waals surface area contributed by atoms with Crippen molar-refractivity contribution in [1.29, 1.82) is 0 Å². The average Bonchev–Trinajstić information content (AvgIpc) is 3.18. The molecule has 0 saturated heterocycles. The molecule has 4 aromatic heterocycles. The first-order chi connectivity index (χ1) is 23.8. The van der Waals surface area contributed by atoms with Crippen molar-refractivity contribution in [2.75, 3.05) is 0 Å². The number of hydrogen-bond acceptors (Lipinski definition) is 4. The number of fused-ring (bicyclic) bond motifs is 5. The minimum absolute atomic E-state index is 0.887. The lowest BCUT2D eigenvalue weighted by Gasteiger charge is -2.17. The Balaban J connectivity index is 0.00000165. The van der Waals surface area contributed by atoms with Crippen LogP contribution in [0.2, 0.25) is 0 Å². The highest BCUT2D eigenvalue weighted by molar-refractivity contribution is 6.16. The Labute approximate surface area is 280 Å². The number of rotatable bonds is 4. The molecule has 0 bridgehead atoms. The monoisotopic (exact) mass is 618 g/mol. The highest BCUT2D eigenvalue weighted by Gasteiger charge is 2.19. The molecule has 8 aromatic rings. The summed E-state index contributed by atoms with van der Waals surface area (Å²) in [6.07, 6.45) is 14.3. The van der Waals surface area contributed by atoms with Crippen LogP contribution in [-0.4, -0.2) is 19.9 Å². The Morgan fingerprint density at radius 3 is 2.04 bits per heavy atom. The van der Waals surface area contributed by atoms with E-state index in [1.807, 2.05) is 44.6 Å². The van der Waals surface area contributed by atoms with Gasteiger partial charge in [-0.25, -0.2) is 9.97 Å². The number of benzene rings is 4. The van der Waals surface area contributed by atoms with Crippen molar-refractivity contribution >= 4 is 49.1 Å². The normalized spacial score (nSPS) is 12.7. The van der Waals surface area contributed by atoms with E-state index in [2.05, 4.69) is 125 Å². The Hall–Kier alpha value is -6.00. The van der Waals surface area contributed by atoms with Crippen LogP contribution < -0.4 is 0 Å². The van der Waals surface area contributed by atoms with E-state index in [4.69, 9.17) is 9.97 Å². The van der Waals surface area contributed by atoms with Crippen LogP contribution in [0.25, 0.3) is 82.6 Å². The van der Waals surface area contributed by atoms with Crippen molar-refractivity contribution in [2.24, 2.45) is 0 Å². The maximum atomic E-state index is 5.43. The zero-order chi connectivity index (χ0) is 32.5. The summed E-state index contributed by atoms with van der Waals surface area (Å²) in [6.45, 7) is 4.00. The van der Waals surface area contributed by atoms with Gasteiger partial charge in [-0.1, -0.05) is 117 Å². The van der Waals surface area contributed by atoms with Gasteiger partial charge in [0, 0.05) is 51.3 Å². The third-order valence-electron chi connectivity index (χ3n) is 9.07. The van der Waals surface area contributed by atoms with E-state index in [1.54, 1.807) is 0 Å². The van der Waals surface area contributed by atoms with E-state index in [-0.39, 0.29) is 0 Å². The van der Waals surface area contributed by atoms with Gasteiger partial charge in [-0.2, -0.15) is 0 Å². The molecule has 0 saturated carbocycles. The van der Waals surface area contributed by atoms with Crippen LogP contribution in [-0.2, 0) is 0 Å². The predicted molar refractivity (Wildman–Crippen MR) is 202 cm³/mol. The predicted octanol–water partition coefficient (Wildman–Crippen LogP) is 11.6. The standard InChI is InChI=1S/C42H28N4.C2H6/c1-3-11-27(12-4-1)39-23-35(31-21-22-44-38-18-10-9-17-32(31)38)33-19-20-34-36(37-26-43-25-29-15-7-8-16-30(29)37)24-40(28-13-5-2-6-14-28)46-42(34)41(33)45-39;1-2/h1-5,7-13,15-26H,6,14H2;1-2H3. The van der Waals surface area contributed by atoms with Gasteiger partial charge in [-0.15, -0.1) is 0 Å². The van der Waals surface area contributed by atoms with Crippen molar-refractivity contribution in [2.45, 2.75) is 26.7 Å². The number of hydrogen-bond donors (Lipinski definition) is 0. The van der Waals surface area contributed by atoms with Gasteiger partial charge in [0.15, 0.2) is 0 Å². The van der Waals surface area contributed by atoms with Crippen LogP contribution in [0.15, 0.2) is 146 Å². The average molecular weight is 619 g/mol. The van der Waals surface area contributed by atoms with Gasteiger partial charge in [-0.05, 0) is 64.8 Å². The van der Waals surface area contributed by atoms with Gasteiger partial charge in [0.05, 0.1) is 27.9 Å². The first-order valence-electron chi connectivity index (χ1n) is 16.7. The van der Waals surface area contributed by atoms with Crippen molar-refractivity contribution in [1.82, 2.24) is 19.9 Å². The molecule has 0 N–H and O–H groups in total. The summed E-state index contributed by atoms with van der Waals surface area (Å²) in [7, 11) is 0. The molecule has 4 aromatic carbocycles. The van der Waals surface area contributed by atoms with Gasteiger partial charge in [-0.3, -0.25) is 9.97 Å². The minimum Gasteiger partial charge on any atom is -0.263 e. The fourth-order valence-corrected chi connectivity index (χ4v) is 6.82. The van der Waals surface area contributed by atoms with Crippen molar-refractivity contribution in [3.05, 3.63) is 152 Å². The second kappa shape index (κ2) is 12.7. The van der Waals surface area contributed by atoms with Gasteiger partial charge in [0.2, 0.25) is 0 Å². The summed E-state index contributed by atoms with van der Waals surface area (Å²) in [6, 6.07) is 38.3. The summed E-state index contributed by atoms with van der Waals surface area (Å²) < 4.78 is 0. The molecule has 0 amide bonds. The molecule has 0 unspecified atom stereocenters. The molecule has 230 valence electrons. The molecule has 0 aliphatic heterocycles. The molecule has 0 fully saturated rings. The van der Waals surface area contributed by atoms with Crippen molar-refractivity contribution in [3.63, 3.8) is 0 Å². The van der Waals surface area contributed by atoms with E-state index in [1.165, 1.54) is 11.0 Å². The highest BCUT2D eigenvalue weighted by atomic mass is 14.8. The first kappa shape index (κ1) is 29.4. The quantitative estimate of drug-likeness (QED) is 0.184. The third kappa shape index (κ3) is 5.12. The lowest BCUT2D eigenvalue weighted by Crippen LogP contribution is -1.99. The van der Waals surface area contributed by atoms with Crippen LogP contribution in [0.1, 0.15) is 32.4 Å². The maximum Gasteiger partial charge on any atom is 0.0978 e. The fraction of sp³-hybridized carbons (Fsp3) is 0.0909. The molecule has 0 spiro atoms. The van der Waals surface area contributed by atoms with E-state index < -0.39 is 0 Å². The molecule has 0 atom stereocenters. The number of aromatic nitrogens is 4. The Morgan fingerprint density at radius 2 is 1.25 bits per heavy atom. The maximum absolute atomic E-state index is 5.43. The third-order valence-corrected chi connectivity index (χ3v) is 9.07. The molecule has 4 nitrogen and oxygen atoms in total. The lowest BCUT2D eigenvalue weighted by atomic mass is 9.91. The highest BCUT2D eigenvalue weighted by Crippen LogP contribution is 2.41. The SMILES string of the molecule is C1=CCCC(c2cc(-c3cncc4ccccc34)c3ccc4c(-c5ccnc6ccccc56)cc(-c5ccccc5)nc4c3n2)=C1.CC. The van der Waals surface area contributed by atoms with Crippen molar-refractivity contribution in [3.8, 4) is 33.5 Å². The largest absolute Gasteiger partial charge is 0.263 e. The second-order valence-electron chi connectivity index (χ2n) is 11.8. The van der Waals surface area contributed by atoms with Gasteiger partial charge in [0.25, 0.3) is 0 Å². The van der Waals surface area contributed by atoms with Crippen LogP contribution in [0.5, 0.6) is 0 Å². The summed E-state index contributed by atoms with van der Waals surface area (Å²) in [4.78, 5) is 20.2. The number of allylic oxidation sites excluding steroid dienone is 4. The van der Waals surface area contributed by atoms with E-state index >= 15 is 0 Å². The molecule has 9 rings (SSSR count). The zero-order valence-corrected chi connectivity index (χ0v) is 27.1. The Morgan fingerprint density at radius 1 is 0.562 bits per heavy atom. The molecule has 1 aliphatic rings. The zero-order valence-electron chi connectivity index (χ0n) is 27.1. The molecule has 0 radical (unpaired) electrons. The Bertz CT molecular complexity index is 2520. The Kier molecular flexibility index (Phi) is 7.75. The number of para-hydroxylation sites is 1. The fourth-order valence-electron chi connectivity index (χ4n) is 6.82. The van der Waals surface area contributed by atoms with E-state index in [0.717, 1.165) is 90.1 Å². The van der Waals surface area contributed by atoms with Gasteiger partial charge < -0.3 is 0 Å². The molecule has 1 aliphatic carbocycles. The smallest absolute Gasteiger partial charge is 0.0978 e. The topological polar surface area (TPSA) is 51.6 Å². The molecule has 4 heteroatoms. The minimum atomic E-state index is 0.887. The lowest BCUT2D eigenvalue weighted by molar-refractivity contribution is 1.04. The number of nitrogens with zero attached hydrogens (tertiary/aromatic N) is 4. The molecule has 48 heavy (non-hydrogen) atoms. The summed E-state index contributed by atoms with van der Waals surface area (Å²) in [5.41, 5.74) is 11.4. The molecule has 4 heterocycles. The van der Waals surface area contributed by atoms with Crippen LogP contribution >= 0.6 is 0 Å².